The molecule has 0 spiro atoms. The van der Waals surface area contributed by atoms with Crippen molar-refractivity contribution >= 4 is 0 Å². The summed E-state index contributed by atoms with van der Waals surface area (Å²) in [6.07, 6.45) is -8.10. The average Bonchev–Trinajstić information content (AvgIpc) is 1.97. The van der Waals surface area contributed by atoms with Crippen molar-refractivity contribution in [1.29, 1.82) is 0 Å². The number of hydrogen-bond donors (Lipinski definition) is 5. The van der Waals surface area contributed by atoms with Crippen LogP contribution < -0.4 is 0 Å². The summed E-state index contributed by atoms with van der Waals surface area (Å²) in [5.74, 6) is 0. The topological polar surface area (TPSA) is 110 Å². The Bertz CT molecular complexity index is 125. The van der Waals surface area contributed by atoms with Crippen molar-refractivity contribution in [3.05, 3.63) is 0 Å². The maximum atomic E-state index is 8.89. The molecular weight excluding hydrogens is 156 g/mol. The van der Waals surface area contributed by atoms with E-state index in [0.717, 1.165) is 0 Å². The van der Waals surface area contributed by atoms with E-state index in [1.165, 1.54) is 0 Å². The molecule has 1 aliphatic rings. The molecule has 6 heteroatoms. The maximum absolute atomic E-state index is 8.89. The van der Waals surface area contributed by atoms with Crippen molar-refractivity contribution < 1.29 is 30.3 Å². The van der Waals surface area contributed by atoms with E-state index in [1.54, 1.807) is 0 Å². The molecule has 0 bridgehead atoms. The summed E-state index contributed by atoms with van der Waals surface area (Å²) in [6, 6.07) is 0. The Kier molecular flexibility index (Phi) is 2.43. The van der Waals surface area contributed by atoms with Crippen LogP contribution in [0.2, 0.25) is 0 Å². The molecule has 0 amide bonds. The molecule has 0 aliphatic carbocycles. The fourth-order valence-electron chi connectivity index (χ4n) is 0.843. The van der Waals surface area contributed by atoms with Crippen molar-refractivity contribution in [1.82, 2.24) is 0 Å². The second kappa shape index (κ2) is 3.02. The summed E-state index contributed by atoms with van der Waals surface area (Å²) in [6.45, 7) is 0. The molecule has 1 heterocycles. The third kappa shape index (κ3) is 1.51. The number of aliphatic hydroxyl groups is 5. The van der Waals surface area contributed by atoms with Gasteiger partial charge in [0.2, 0.25) is 0 Å². The van der Waals surface area contributed by atoms with Crippen LogP contribution in [-0.4, -0.2) is 56.4 Å². The van der Waals surface area contributed by atoms with E-state index >= 15 is 0 Å². The van der Waals surface area contributed by atoms with E-state index < -0.39 is 30.9 Å². The normalized spacial score (nSPS) is 52.6. The van der Waals surface area contributed by atoms with Gasteiger partial charge in [-0.3, -0.25) is 0 Å². The van der Waals surface area contributed by atoms with Gasteiger partial charge in [-0.05, 0) is 0 Å². The largest absolute Gasteiger partial charge is 0.387 e. The minimum atomic E-state index is -1.66. The molecule has 1 fully saturated rings. The molecule has 0 saturated carbocycles. The van der Waals surface area contributed by atoms with Crippen LogP contribution in [0.15, 0.2) is 0 Å². The van der Waals surface area contributed by atoms with Gasteiger partial charge in [-0.25, -0.2) is 0 Å². The van der Waals surface area contributed by atoms with Gasteiger partial charge in [-0.1, -0.05) is 0 Å². The lowest BCUT2D eigenvalue weighted by atomic mass is 10.0. The van der Waals surface area contributed by atoms with Gasteiger partial charge < -0.3 is 30.3 Å². The van der Waals surface area contributed by atoms with Gasteiger partial charge in [0.1, 0.15) is 18.3 Å². The Morgan fingerprint density at radius 1 is 0.636 bits per heavy atom. The van der Waals surface area contributed by atoms with Gasteiger partial charge in [0.25, 0.3) is 0 Å². The SMILES string of the molecule is OC1O[C@H](O)[C@@H](O)[C@H](O)[C@H]1O. The lowest BCUT2D eigenvalue weighted by Gasteiger charge is -2.35. The summed E-state index contributed by atoms with van der Waals surface area (Å²) in [5.41, 5.74) is 0. The van der Waals surface area contributed by atoms with E-state index in [1.807, 2.05) is 0 Å². The zero-order valence-corrected chi connectivity index (χ0v) is 5.53. The number of rotatable bonds is 0. The predicted octanol–water partition coefficient (Wildman–Crippen LogP) is -3.26. The highest BCUT2D eigenvalue weighted by molar-refractivity contribution is 4.83. The summed E-state index contributed by atoms with van der Waals surface area (Å²) in [7, 11) is 0. The summed E-state index contributed by atoms with van der Waals surface area (Å²) < 4.78 is 4.23. The molecule has 0 aromatic rings. The summed E-state index contributed by atoms with van der Waals surface area (Å²) in [5, 5.41) is 44.0. The first-order chi connectivity index (χ1) is 5.04. The maximum Gasteiger partial charge on any atom is 0.186 e. The first-order valence-corrected chi connectivity index (χ1v) is 3.10. The Morgan fingerprint density at radius 2 is 1.00 bits per heavy atom. The van der Waals surface area contributed by atoms with E-state index in [9.17, 15) is 0 Å². The molecule has 66 valence electrons. The highest BCUT2D eigenvalue weighted by atomic mass is 16.7. The second-order valence-corrected chi connectivity index (χ2v) is 2.39. The quantitative estimate of drug-likeness (QED) is 0.258. The van der Waals surface area contributed by atoms with Gasteiger partial charge in [-0.2, -0.15) is 0 Å². The van der Waals surface area contributed by atoms with Gasteiger partial charge >= 0.3 is 0 Å². The molecule has 1 unspecified atom stereocenters. The molecule has 1 aliphatic heterocycles. The fourth-order valence-corrected chi connectivity index (χ4v) is 0.843. The van der Waals surface area contributed by atoms with Crippen molar-refractivity contribution in [2.24, 2.45) is 0 Å². The molecule has 1 saturated heterocycles. The van der Waals surface area contributed by atoms with Crippen LogP contribution >= 0.6 is 0 Å². The van der Waals surface area contributed by atoms with E-state index in [0.29, 0.717) is 0 Å². The third-order valence-electron chi connectivity index (χ3n) is 1.56. The first kappa shape index (κ1) is 8.85. The van der Waals surface area contributed by atoms with Crippen LogP contribution in [-0.2, 0) is 4.74 Å². The molecule has 0 aromatic heterocycles. The number of hydrogen-bond acceptors (Lipinski definition) is 6. The van der Waals surface area contributed by atoms with Gasteiger partial charge in [0.05, 0.1) is 0 Å². The summed E-state index contributed by atoms with van der Waals surface area (Å²) >= 11 is 0. The molecule has 5 N–H and O–H groups in total. The zero-order valence-electron chi connectivity index (χ0n) is 5.53. The Morgan fingerprint density at radius 3 is 1.36 bits per heavy atom. The van der Waals surface area contributed by atoms with Crippen LogP contribution in [0.3, 0.4) is 0 Å². The standard InChI is InChI=1S/C5H10O6/c6-1-2(7)4(9)11-5(10)3(1)8/h1-10H/t1-,2-,3+,4-,5?/m0/s1. The van der Waals surface area contributed by atoms with Gasteiger partial charge in [0, 0.05) is 0 Å². The lowest BCUT2D eigenvalue weighted by Crippen LogP contribution is -2.57. The molecule has 6 nitrogen and oxygen atoms in total. The minimum Gasteiger partial charge on any atom is -0.387 e. The second-order valence-electron chi connectivity index (χ2n) is 2.39. The number of ether oxygens (including phenoxy) is 1. The Labute approximate surface area is 62.3 Å². The fraction of sp³-hybridized carbons (Fsp3) is 1.00. The monoisotopic (exact) mass is 166 g/mol. The van der Waals surface area contributed by atoms with Crippen LogP contribution in [0.5, 0.6) is 0 Å². The zero-order chi connectivity index (χ0) is 8.59. The molecule has 0 radical (unpaired) electrons. The Hall–Kier alpha value is -0.240. The molecule has 0 aromatic carbocycles. The smallest absolute Gasteiger partial charge is 0.186 e. The summed E-state index contributed by atoms with van der Waals surface area (Å²) in [4.78, 5) is 0. The molecule has 11 heavy (non-hydrogen) atoms. The minimum absolute atomic E-state index is 1.59. The lowest BCUT2D eigenvalue weighted by molar-refractivity contribution is -0.328. The predicted molar refractivity (Wildman–Crippen MR) is 31.1 cm³/mol. The van der Waals surface area contributed by atoms with E-state index in [-0.39, 0.29) is 0 Å². The van der Waals surface area contributed by atoms with Crippen LogP contribution in [0, 0.1) is 0 Å². The average molecular weight is 166 g/mol. The van der Waals surface area contributed by atoms with Gasteiger partial charge in [0.15, 0.2) is 12.6 Å². The highest BCUT2D eigenvalue weighted by Crippen LogP contribution is 2.17. The molecular formula is C5H10O6. The van der Waals surface area contributed by atoms with E-state index in [2.05, 4.69) is 4.74 Å². The number of aliphatic hydroxyl groups excluding tert-OH is 5. The van der Waals surface area contributed by atoms with Crippen molar-refractivity contribution in [3.63, 3.8) is 0 Å². The van der Waals surface area contributed by atoms with Crippen molar-refractivity contribution in [2.45, 2.75) is 30.9 Å². The molecule has 5 atom stereocenters. The van der Waals surface area contributed by atoms with Crippen molar-refractivity contribution in [2.75, 3.05) is 0 Å². The van der Waals surface area contributed by atoms with Crippen LogP contribution in [0.25, 0.3) is 0 Å². The van der Waals surface area contributed by atoms with Crippen LogP contribution in [0.1, 0.15) is 0 Å². The van der Waals surface area contributed by atoms with E-state index in [4.69, 9.17) is 25.5 Å². The van der Waals surface area contributed by atoms with Crippen LogP contribution in [0.4, 0.5) is 0 Å². The Balaban J connectivity index is 2.63. The highest BCUT2D eigenvalue weighted by Gasteiger charge is 2.42. The van der Waals surface area contributed by atoms with Gasteiger partial charge in [-0.15, -0.1) is 0 Å². The first-order valence-electron chi connectivity index (χ1n) is 3.10. The van der Waals surface area contributed by atoms with Crippen molar-refractivity contribution in [3.8, 4) is 0 Å². The third-order valence-corrected chi connectivity index (χ3v) is 1.56. The molecule has 1 rings (SSSR count).